The van der Waals surface area contributed by atoms with E-state index in [1.165, 1.54) is 11.1 Å². The number of hydrogen-bond acceptors (Lipinski definition) is 0. The van der Waals surface area contributed by atoms with Gasteiger partial charge >= 0.3 is 6.18 Å². The zero-order chi connectivity index (χ0) is 12.7. The van der Waals surface area contributed by atoms with Gasteiger partial charge in [-0.15, -0.1) is 0 Å². The van der Waals surface area contributed by atoms with Crippen molar-refractivity contribution in [3.05, 3.63) is 47.5 Å². The molecule has 0 aliphatic carbocycles. The number of allylic oxidation sites excluding steroid dienone is 2. The predicted molar refractivity (Wildman–Crippen MR) is 63.9 cm³/mol. The molecule has 0 N–H and O–H groups in total. The summed E-state index contributed by atoms with van der Waals surface area (Å²) in [6, 6.07) is 8.20. The predicted octanol–water partition coefficient (Wildman–Crippen LogP) is 4.83. The number of halogens is 3. The van der Waals surface area contributed by atoms with E-state index < -0.39 is 12.6 Å². The quantitative estimate of drug-likeness (QED) is 0.649. The first-order valence-corrected chi connectivity index (χ1v) is 5.75. The van der Waals surface area contributed by atoms with Crippen molar-refractivity contribution in [2.24, 2.45) is 0 Å². The van der Waals surface area contributed by atoms with Gasteiger partial charge in [-0.3, -0.25) is 0 Å². The van der Waals surface area contributed by atoms with E-state index in [-0.39, 0.29) is 6.42 Å². The van der Waals surface area contributed by atoms with Gasteiger partial charge in [0.15, 0.2) is 0 Å². The highest BCUT2D eigenvalue weighted by molar-refractivity contribution is 5.21. The zero-order valence-electron chi connectivity index (χ0n) is 9.93. The minimum Gasteiger partial charge on any atom is -0.171 e. The van der Waals surface area contributed by atoms with Crippen LogP contribution in [0.2, 0.25) is 0 Å². The molecule has 0 fully saturated rings. The Bertz CT molecular complexity index is 347. The van der Waals surface area contributed by atoms with Crippen LogP contribution in [0.1, 0.15) is 30.4 Å². The van der Waals surface area contributed by atoms with Gasteiger partial charge in [0.25, 0.3) is 0 Å². The Hall–Kier alpha value is -1.25. The van der Waals surface area contributed by atoms with E-state index in [0.29, 0.717) is 0 Å². The standard InChI is InChI=1S/C14H17F3/c1-12-7-9-13(10-8-12)6-4-2-3-5-11-14(15,16)17/h2-3,7-10H,4-6,11H2,1H3/b3-2+. The lowest BCUT2D eigenvalue weighted by Gasteiger charge is -2.02. The highest BCUT2D eigenvalue weighted by Gasteiger charge is 2.25. The Balaban J connectivity index is 2.19. The Morgan fingerprint density at radius 3 is 2.18 bits per heavy atom. The first kappa shape index (κ1) is 13.8. The van der Waals surface area contributed by atoms with Gasteiger partial charge in [0, 0.05) is 6.42 Å². The van der Waals surface area contributed by atoms with E-state index in [1.807, 2.05) is 25.1 Å². The molecular weight excluding hydrogens is 225 g/mol. The van der Waals surface area contributed by atoms with Crippen LogP contribution in [0.4, 0.5) is 13.2 Å². The van der Waals surface area contributed by atoms with E-state index in [4.69, 9.17) is 0 Å². The number of rotatable bonds is 5. The average molecular weight is 242 g/mol. The van der Waals surface area contributed by atoms with Crippen LogP contribution in [0.3, 0.4) is 0 Å². The molecule has 1 rings (SSSR count). The number of benzene rings is 1. The molecule has 1 aromatic carbocycles. The second-order valence-electron chi connectivity index (χ2n) is 4.15. The van der Waals surface area contributed by atoms with Gasteiger partial charge in [-0.25, -0.2) is 0 Å². The smallest absolute Gasteiger partial charge is 0.171 e. The number of alkyl halides is 3. The molecule has 0 aliphatic rings. The second kappa shape index (κ2) is 6.48. The van der Waals surface area contributed by atoms with E-state index in [0.717, 1.165) is 12.8 Å². The summed E-state index contributed by atoms with van der Waals surface area (Å²) in [5, 5.41) is 0. The minimum absolute atomic E-state index is 0.0808. The Morgan fingerprint density at radius 2 is 1.59 bits per heavy atom. The lowest BCUT2D eigenvalue weighted by molar-refractivity contribution is -0.133. The SMILES string of the molecule is Cc1ccc(CC/C=C/CCC(F)(F)F)cc1. The van der Waals surface area contributed by atoms with Crippen molar-refractivity contribution in [1.29, 1.82) is 0 Å². The number of hydrogen-bond donors (Lipinski definition) is 0. The van der Waals surface area contributed by atoms with Crippen LogP contribution >= 0.6 is 0 Å². The van der Waals surface area contributed by atoms with E-state index in [2.05, 4.69) is 12.1 Å². The summed E-state index contributed by atoms with van der Waals surface area (Å²) in [7, 11) is 0. The third-order valence-corrected chi connectivity index (χ3v) is 2.48. The third kappa shape index (κ3) is 6.82. The summed E-state index contributed by atoms with van der Waals surface area (Å²) in [4.78, 5) is 0. The van der Waals surface area contributed by atoms with Crippen LogP contribution in [0.5, 0.6) is 0 Å². The van der Waals surface area contributed by atoms with Crippen molar-refractivity contribution in [1.82, 2.24) is 0 Å². The van der Waals surface area contributed by atoms with Gasteiger partial charge in [0.2, 0.25) is 0 Å². The van der Waals surface area contributed by atoms with E-state index in [1.54, 1.807) is 6.08 Å². The van der Waals surface area contributed by atoms with Gasteiger partial charge in [-0.2, -0.15) is 13.2 Å². The molecule has 0 aromatic heterocycles. The van der Waals surface area contributed by atoms with Crippen LogP contribution in [0, 0.1) is 6.92 Å². The van der Waals surface area contributed by atoms with Crippen LogP contribution in [0.15, 0.2) is 36.4 Å². The molecule has 0 nitrogen and oxygen atoms in total. The fourth-order valence-corrected chi connectivity index (χ4v) is 1.49. The molecule has 0 saturated heterocycles. The molecule has 0 aliphatic heterocycles. The molecule has 0 unspecified atom stereocenters. The molecule has 17 heavy (non-hydrogen) atoms. The molecule has 0 radical (unpaired) electrons. The van der Waals surface area contributed by atoms with Crippen molar-refractivity contribution in [2.45, 2.75) is 38.8 Å². The topological polar surface area (TPSA) is 0 Å². The van der Waals surface area contributed by atoms with Gasteiger partial charge in [0.1, 0.15) is 0 Å². The summed E-state index contributed by atoms with van der Waals surface area (Å²) < 4.78 is 35.5. The molecular formula is C14H17F3. The monoisotopic (exact) mass is 242 g/mol. The maximum atomic E-state index is 11.8. The summed E-state index contributed by atoms with van der Waals surface area (Å²) >= 11 is 0. The summed E-state index contributed by atoms with van der Waals surface area (Å²) in [6.07, 6.45) is 0.420. The molecule has 0 heterocycles. The van der Waals surface area contributed by atoms with Gasteiger partial charge in [0.05, 0.1) is 0 Å². The first-order valence-electron chi connectivity index (χ1n) is 5.75. The van der Waals surface area contributed by atoms with Crippen LogP contribution in [0.25, 0.3) is 0 Å². The average Bonchev–Trinajstić information content (AvgIpc) is 2.24. The molecule has 0 amide bonds. The van der Waals surface area contributed by atoms with Crippen molar-refractivity contribution < 1.29 is 13.2 Å². The molecule has 94 valence electrons. The molecule has 1 aromatic rings. The van der Waals surface area contributed by atoms with Gasteiger partial charge < -0.3 is 0 Å². The molecule has 3 heteroatoms. The van der Waals surface area contributed by atoms with Crippen LogP contribution < -0.4 is 0 Å². The fraction of sp³-hybridized carbons (Fsp3) is 0.429. The third-order valence-electron chi connectivity index (χ3n) is 2.48. The molecule has 0 bridgehead atoms. The van der Waals surface area contributed by atoms with Gasteiger partial charge in [-0.1, -0.05) is 42.0 Å². The van der Waals surface area contributed by atoms with Crippen molar-refractivity contribution in [3.63, 3.8) is 0 Å². The molecule has 0 saturated carbocycles. The Morgan fingerprint density at radius 1 is 1.00 bits per heavy atom. The van der Waals surface area contributed by atoms with Crippen molar-refractivity contribution in [3.8, 4) is 0 Å². The highest BCUT2D eigenvalue weighted by Crippen LogP contribution is 2.21. The number of aryl methyl sites for hydroxylation is 2. The highest BCUT2D eigenvalue weighted by atomic mass is 19.4. The summed E-state index contributed by atoms with van der Waals surface area (Å²) in [5.74, 6) is 0. The Labute approximate surface area is 100 Å². The second-order valence-corrected chi connectivity index (χ2v) is 4.15. The largest absolute Gasteiger partial charge is 0.389 e. The lowest BCUT2D eigenvalue weighted by Crippen LogP contribution is -2.05. The lowest BCUT2D eigenvalue weighted by atomic mass is 10.1. The normalized spacial score (nSPS) is 12.2. The minimum atomic E-state index is -4.04. The van der Waals surface area contributed by atoms with Crippen LogP contribution in [-0.4, -0.2) is 6.18 Å². The Kier molecular flexibility index (Phi) is 5.26. The molecule has 0 spiro atoms. The van der Waals surface area contributed by atoms with E-state index >= 15 is 0 Å². The van der Waals surface area contributed by atoms with Crippen molar-refractivity contribution >= 4 is 0 Å². The maximum Gasteiger partial charge on any atom is 0.389 e. The van der Waals surface area contributed by atoms with Crippen LogP contribution in [-0.2, 0) is 6.42 Å². The molecule has 0 atom stereocenters. The zero-order valence-corrected chi connectivity index (χ0v) is 9.93. The fourth-order valence-electron chi connectivity index (χ4n) is 1.49. The van der Waals surface area contributed by atoms with Gasteiger partial charge in [-0.05, 0) is 31.7 Å². The first-order chi connectivity index (χ1) is 7.97. The summed E-state index contributed by atoms with van der Waals surface area (Å²) in [5.41, 5.74) is 2.44. The van der Waals surface area contributed by atoms with E-state index in [9.17, 15) is 13.2 Å². The maximum absolute atomic E-state index is 11.8. The summed E-state index contributed by atoms with van der Waals surface area (Å²) in [6.45, 7) is 2.03. The van der Waals surface area contributed by atoms with Crippen molar-refractivity contribution in [2.75, 3.05) is 0 Å².